The predicted octanol–water partition coefficient (Wildman–Crippen LogP) is 2.86. The topological polar surface area (TPSA) is 56.5 Å². The van der Waals surface area contributed by atoms with Crippen LogP contribution in [-0.2, 0) is 6.42 Å². The molecule has 1 aromatic carbocycles. The molecule has 2 atom stereocenters. The first-order valence-corrected chi connectivity index (χ1v) is 7.29. The first kappa shape index (κ1) is 13.9. The van der Waals surface area contributed by atoms with E-state index in [1.165, 1.54) is 0 Å². The van der Waals surface area contributed by atoms with Gasteiger partial charge in [0.15, 0.2) is 11.5 Å². The lowest BCUT2D eigenvalue weighted by atomic mass is 10.0. The van der Waals surface area contributed by atoms with Gasteiger partial charge in [0.2, 0.25) is 6.79 Å². The molecule has 1 aromatic heterocycles. The van der Waals surface area contributed by atoms with Crippen LogP contribution in [0.15, 0.2) is 30.5 Å². The quantitative estimate of drug-likeness (QED) is 0.919. The largest absolute Gasteiger partial charge is 0.454 e. The van der Waals surface area contributed by atoms with Gasteiger partial charge in [-0.1, -0.05) is 13.0 Å². The van der Waals surface area contributed by atoms with E-state index in [-0.39, 0.29) is 6.79 Å². The number of hydrogen-bond donors (Lipinski definition) is 1. The van der Waals surface area contributed by atoms with Crippen molar-refractivity contribution in [2.45, 2.75) is 38.8 Å². The van der Waals surface area contributed by atoms with Crippen molar-refractivity contribution in [1.29, 1.82) is 0 Å². The molecule has 1 aliphatic heterocycles. The molecular weight excluding hydrogens is 268 g/mol. The van der Waals surface area contributed by atoms with Gasteiger partial charge in [-0.2, -0.15) is 5.10 Å². The third-order valence-electron chi connectivity index (χ3n) is 3.89. The molecule has 0 aliphatic carbocycles. The van der Waals surface area contributed by atoms with Crippen LogP contribution in [0.1, 0.15) is 43.7 Å². The Hall–Kier alpha value is -2.01. The lowest BCUT2D eigenvalue weighted by molar-refractivity contribution is 0.171. The van der Waals surface area contributed by atoms with Crippen molar-refractivity contribution >= 4 is 0 Å². The number of hydrogen-bond acceptors (Lipinski definition) is 4. The Labute approximate surface area is 124 Å². The normalized spacial score (nSPS) is 16.0. The summed E-state index contributed by atoms with van der Waals surface area (Å²) in [5.41, 5.74) is 1.71. The van der Waals surface area contributed by atoms with Crippen LogP contribution >= 0.6 is 0 Å². The van der Waals surface area contributed by atoms with Crippen LogP contribution in [0.4, 0.5) is 0 Å². The molecule has 0 amide bonds. The van der Waals surface area contributed by atoms with E-state index >= 15 is 0 Å². The van der Waals surface area contributed by atoms with E-state index in [0.29, 0.717) is 18.2 Å². The second-order valence-corrected chi connectivity index (χ2v) is 5.38. The Morgan fingerprint density at radius 3 is 2.90 bits per heavy atom. The molecule has 0 fully saturated rings. The fourth-order valence-corrected chi connectivity index (χ4v) is 2.36. The molecule has 0 saturated carbocycles. The van der Waals surface area contributed by atoms with Crippen LogP contribution in [-0.4, -0.2) is 21.7 Å². The third-order valence-corrected chi connectivity index (χ3v) is 3.89. The van der Waals surface area contributed by atoms with Gasteiger partial charge in [-0.3, -0.25) is 4.68 Å². The maximum absolute atomic E-state index is 10.4. The van der Waals surface area contributed by atoms with Crippen molar-refractivity contribution in [2.24, 2.45) is 0 Å². The molecule has 1 aliphatic rings. The molecule has 0 radical (unpaired) electrons. The smallest absolute Gasteiger partial charge is 0.231 e. The van der Waals surface area contributed by atoms with Crippen LogP contribution in [0.5, 0.6) is 11.5 Å². The average molecular weight is 288 g/mol. The van der Waals surface area contributed by atoms with Crippen molar-refractivity contribution in [3.63, 3.8) is 0 Å². The van der Waals surface area contributed by atoms with Gasteiger partial charge in [0.05, 0.1) is 11.8 Å². The molecule has 0 bridgehead atoms. The van der Waals surface area contributed by atoms with Gasteiger partial charge < -0.3 is 14.6 Å². The Balaban J connectivity index is 1.71. The molecule has 1 N–H and O–H groups in total. The summed E-state index contributed by atoms with van der Waals surface area (Å²) in [6.07, 6.45) is 2.89. The lowest BCUT2D eigenvalue weighted by Gasteiger charge is -2.11. The predicted molar refractivity (Wildman–Crippen MR) is 78.5 cm³/mol. The highest BCUT2D eigenvalue weighted by Gasteiger charge is 2.17. The van der Waals surface area contributed by atoms with Crippen molar-refractivity contribution in [3.8, 4) is 11.5 Å². The van der Waals surface area contributed by atoms with E-state index in [9.17, 15) is 5.11 Å². The van der Waals surface area contributed by atoms with Gasteiger partial charge in [-0.25, -0.2) is 0 Å². The molecule has 2 heterocycles. The number of benzene rings is 1. The fraction of sp³-hybridized carbons (Fsp3) is 0.438. The Morgan fingerprint density at radius 2 is 2.10 bits per heavy atom. The molecular formula is C16H20N2O3. The van der Waals surface area contributed by atoms with Gasteiger partial charge in [-0.05, 0) is 37.1 Å². The van der Waals surface area contributed by atoms with Crippen LogP contribution in [0, 0.1) is 0 Å². The summed E-state index contributed by atoms with van der Waals surface area (Å²) < 4.78 is 12.6. The maximum atomic E-state index is 10.4. The Morgan fingerprint density at radius 1 is 1.29 bits per heavy atom. The summed E-state index contributed by atoms with van der Waals surface area (Å²) in [7, 11) is 0. The average Bonchev–Trinajstić information content (AvgIpc) is 3.14. The number of nitrogens with zero attached hydrogens (tertiary/aromatic N) is 2. The highest BCUT2D eigenvalue weighted by molar-refractivity contribution is 5.45. The highest BCUT2D eigenvalue weighted by Crippen LogP contribution is 2.34. The molecule has 3 rings (SSSR count). The van der Waals surface area contributed by atoms with E-state index in [0.717, 1.165) is 23.4 Å². The fourth-order valence-electron chi connectivity index (χ4n) is 2.36. The summed E-state index contributed by atoms with van der Waals surface area (Å²) >= 11 is 0. The highest BCUT2D eigenvalue weighted by atomic mass is 16.7. The monoisotopic (exact) mass is 288 g/mol. The first-order valence-electron chi connectivity index (χ1n) is 7.29. The third kappa shape index (κ3) is 2.88. The van der Waals surface area contributed by atoms with Crippen LogP contribution in [0.25, 0.3) is 0 Å². The molecule has 0 spiro atoms. The lowest BCUT2D eigenvalue weighted by Crippen LogP contribution is -2.07. The number of aliphatic hydroxyl groups excluding tert-OH is 1. The van der Waals surface area contributed by atoms with E-state index in [1.54, 1.807) is 0 Å². The minimum atomic E-state index is -0.597. The van der Waals surface area contributed by atoms with E-state index < -0.39 is 6.10 Å². The molecule has 5 heteroatoms. The second-order valence-electron chi connectivity index (χ2n) is 5.38. The minimum Gasteiger partial charge on any atom is -0.454 e. The molecule has 0 saturated heterocycles. The second kappa shape index (κ2) is 5.77. The van der Waals surface area contributed by atoms with Gasteiger partial charge in [-0.15, -0.1) is 0 Å². The van der Waals surface area contributed by atoms with Crippen molar-refractivity contribution in [2.75, 3.05) is 6.79 Å². The molecule has 112 valence electrons. The number of fused-ring (bicyclic) bond motifs is 1. The van der Waals surface area contributed by atoms with Crippen LogP contribution in [0.3, 0.4) is 0 Å². The summed E-state index contributed by atoms with van der Waals surface area (Å²) in [4.78, 5) is 0. The zero-order valence-corrected chi connectivity index (χ0v) is 12.3. The zero-order chi connectivity index (χ0) is 14.8. The first-order chi connectivity index (χ1) is 10.2. The van der Waals surface area contributed by atoms with E-state index in [1.807, 2.05) is 35.1 Å². The molecule has 21 heavy (non-hydrogen) atoms. The maximum Gasteiger partial charge on any atom is 0.231 e. The molecule has 2 aromatic rings. The number of ether oxygens (including phenoxy) is 2. The summed E-state index contributed by atoms with van der Waals surface area (Å²) in [6, 6.07) is 7.87. The Bertz CT molecular complexity index is 624. The standard InChI is InChI=1S/C16H20N2O3/c1-3-11(2)18-7-6-13(17-18)9-14(19)12-4-5-15-16(8-12)21-10-20-15/h4-8,11,14,19H,3,9-10H2,1-2H3. The zero-order valence-electron chi connectivity index (χ0n) is 12.3. The van der Waals surface area contributed by atoms with E-state index in [2.05, 4.69) is 18.9 Å². The summed E-state index contributed by atoms with van der Waals surface area (Å²) in [6.45, 7) is 4.51. The van der Waals surface area contributed by atoms with Crippen molar-refractivity contribution < 1.29 is 14.6 Å². The number of aliphatic hydroxyl groups is 1. The Kier molecular flexibility index (Phi) is 3.84. The van der Waals surface area contributed by atoms with Gasteiger partial charge in [0, 0.05) is 18.7 Å². The van der Waals surface area contributed by atoms with Gasteiger partial charge in [0.1, 0.15) is 0 Å². The summed E-state index contributed by atoms with van der Waals surface area (Å²) in [5.74, 6) is 1.42. The summed E-state index contributed by atoms with van der Waals surface area (Å²) in [5, 5.41) is 14.9. The SMILES string of the molecule is CCC(C)n1ccc(CC(O)c2ccc3c(c2)OCO3)n1. The number of rotatable bonds is 5. The van der Waals surface area contributed by atoms with Crippen molar-refractivity contribution in [1.82, 2.24) is 9.78 Å². The van der Waals surface area contributed by atoms with Crippen LogP contribution in [0.2, 0.25) is 0 Å². The van der Waals surface area contributed by atoms with Gasteiger partial charge in [0.25, 0.3) is 0 Å². The van der Waals surface area contributed by atoms with Gasteiger partial charge >= 0.3 is 0 Å². The minimum absolute atomic E-state index is 0.244. The van der Waals surface area contributed by atoms with E-state index in [4.69, 9.17) is 9.47 Å². The molecule has 2 unspecified atom stereocenters. The van der Waals surface area contributed by atoms with Crippen molar-refractivity contribution in [3.05, 3.63) is 41.7 Å². The van der Waals surface area contributed by atoms with Crippen LogP contribution < -0.4 is 9.47 Å². The molecule has 5 nitrogen and oxygen atoms in total. The number of aromatic nitrogens is 2.